The molecule has 1 aromatic carbocycles. The zero-order valence-corrected chi connectivity index (χ0v) is 12.8. The molecule has 0 radical (unpaired) electrons. The summed E-state index contributed by atoms with van der Waals surface area (Å²) >= 11 is 3.64. The van der Waals surface area contributed by atoms with Crippen LogP contribution in [0.4, 0.5) is 0 Å². The van der Waals surface area contributed by atoms with Gasteiger partial charge in [-0.15, -0.1) is 0 Å². The van der Waals surface area contributed by atoms with Gasteiger partial charge < -0.3 is 15.2 Å². The number of nitrogens with two attached hydrogens (primary N) is 1. The molecule has 2 rings (SSSR count). The maximum absolute atomic E-state index is 6.49. The minimum Gasteiger partial charge on any atom is -0.493 e. The minimum absolute atomic E-state index is 0.205. The topological polar surface area (TPSA) is 44.5 Å². The molecule has 1 aliphatic rings. The third-order valence-corrected chi connectivity index (χ3v) is 4.44. The summed E-state index contributed by atoms with van der Waals surface area (Å²) in [5.41, 5.74) is 8.63. The molecule has 0 aliphatic heterocycles. The first-order chi connectivity index (χ1) is 8.57. The minimum atomic E-state index is -0.205. The number of ether oxygens (including phenoxy) is 2. The van der Waals surface area contributed by atoms with E-state index in [1.165, 1.54) is 12.0 Å². The molecule has 0 heterocycles. The molecule has 0 amide bonds. The Balaban J connectivity index is 2.64. The average molecular weight is 314 g/mol. The van der Waals surface area contributed by atoms with E-state index in [4.69, 9.17) is 15.2 Å². The molecule has 0 atom stereocenters. The first-order valence-corrected chi connectivity index (χ1v) is 7.09. The second-order valence-electron chi connectivity index (χ2n) is 4.81. The van der Waals surface area contributed by atoms with Crippen molar-refractivity contribution in [3.05, 3.63) is 21.7 Å². The van der Waals surface area contributed by atoms with Gasteiger partial charge in [0.05, 0.1) is 14.2 Å². The van der Waals surface area contributed by atoms with Crippen molar-refractivity contribution in [1.29, 1.82) is 0 Å². The van der Waals surface area contributed by atoms with Crippen LogP contribution >= 0.6 is 15.9 Å². The Morgan fingerprint density at radius 2 is 2.00 bits per heavy atom. The number of halogens is 1. The lowest BCUT2D eigenvalue weighted by molar-refractivity contribution is 0.248. The van der Waals surface area contributed by atoms with Gasteiger partial charge >= 0.3 is 0 Å². The first kappa shape index (κ1) is 13.7. The maximum atomic E-state index is 6.49. The van der Waals surface area contributed by atoms with E-state index in [9.17, 15) is 0 Å². The monoisotopic (exact) mass is 313 g/mol. The fourth-order valence-corrected chi connectivity index (χ4v) is 3.56. The summed E-state index contributed by atoms with van der Waals surface area (Å²) in [6.45, 7) is 2.12. The van der Waals surface area contributed by atoms with Gasteiger partial charge in [0.25, 0.3) is 0 Å². The molecule has 0 aromatic heterocycles. The summed E-state index contributed by atoms with van der Waals surface area (Å²) in [5.74, 6) is 1.57. The fraction of sp³-hybridized carbons (Fsp3) is 0.571. The maximum Gasteiger partial charge on any atom is 0.164 e. The third kappa shape index (κ3) is 2.01. The van der Waals surface area contributed by atoms with Crippen LogP contribution in [0.15, 0.2) is 10.5 Å². The number of hydrogen-bond acceptors (Lipinski definition) is 3. The van der Waals surface area contributed by atoms with Crippen LogP contribution in [0.3, 0.4) is 0 Å². The molecule has 1 aromatic rings. The van der Waals surface area contributed by atoms with E-state index in [-0.39, 0.29) is 5.54 Å². The second-order valence-corrected chi connectivity index (χ2v) is 5.67. The van der Waals surface area contributed by atoms with Crippen molar-refractivity contribution in [2.75, 3.05) is 14.2 Å². The Morgan fingerprint density at radius 1 is 1.33 bits per heavy atom. The average Bonchev–Trinajstić information content (AvgIpc) is 2.34. The van der Waals surface area contributed by atoms with Crippen LogP contribution in [-0.4, -0.2) is 14.2 Å². The molecule has 0 unspecified atom stereocenters. The number of hydrogen-bond donors (Lipinski definition) is 1. The lowest BCUT2D eigenvalue weighted by Crippen LogP contribution is -2.44. The molecular weight excluding hydrogens is 294 g/mol. The van der Waals surface area contributed by atoms with Crippen molar-refractivity contribution in [3.8, 4) is 11.5 Å². The van der Waals surface area contributed by atoms with E-state index in [0.29, 0.717) is 0 Å². The number of benzene rings is 1. The standard InChI is InChI=1S/C14H20BrNO2/c1-4-9-12(14(16)6-5-7-14)10(15)8-11(17-2)13(9)18-3/h8H,4-7,16H2,1-3H3. The molecule has 3 nitrogen and oxygen atoms in total. The van der Waals surface area contributed by atoms with Gasteiger partial charge in [0.15, 0.2) is 11.5 Å². The number of methoxy groups -OCH3 is 2. The van der Waals surface area contributed by atoms with Gasteiger partial charge in [-0.2, -0.15) is 0 Å². The summed E-state index contributed by atoms with van der Waals surface area (Å²) < 4.78 is 11.9. The van der Waals surface area contributed by atoms with Crippen LogP contribution in [0.2, 0.25) is 0 Å². The SMILES string of the molecule is CCc1c(OC)c(OC)cc(Br)c1C1(N)CCC1. The molecule has 2 N–H and O–H groups in total. The molecule has 18 heavy (non-hydrogen) atoms. The van der Waals surface area contributed by atoms with E-state index in [1.54, 1.807) is 14.2 Å². The molecule has 0 bridgehead atoms. The first-order valence-electron chi connectivity index (χ1n) is 6.30. The van der Waals surface area contributed by atoms with Gasteiger partial charge in [-0.1, -0.05) is 22.9 Å². The van der Waals surface area contributed by atoms with Gasteiger partial charge in [0, 0.05) is 15.6 Å². The molecule has 0 spiro atoms. The normalized spacial score (nSPS) is 17.2. The quantitative estimate of drug-likeness (QED) is 0.927. The van der Waals surface area contributed by atoms with Gasteiger partial charge in [0.2, 0.25) is 0 Å². The Morgan fingerprint density at radius 3 is 2.39 bits per heavy atom. The van der Waals surface area contributed by atoms with E-state index in [1.807, 2.05) is 6.07 Å². The highest BCUT2D eigenvalue weighted by atomic mass is 79.9. The van der Waals surface area contributed by atoms with Crippen LogP contribution in [0, 0.1) is 0 Å². The Bertz CT molecular complexity index is 456. The highest BCUT2D eigenvalue weighted by Crippen LogP contribution is 2.48. The van der Waals surface area contributed by atoms with Crippen LogP contribution in [0.25, 0.3) is 0 Å². The Labute approximate surface area is 117 Å². The summed E-state index contributed by atoms with van der Waals surface area (Å²) in [4.78, 5) is 0. The molecule has 4 heteroatoms. The molecule has 1 aliphatic carbocycles. The van der Waals surface area contributed by atoms with Gasteiger partial charge in [-0.05, 0) is 37.3 Å². The summed E-state index contributed by atoms with van der Waals surface area (Å²) in [5, 5.41) is 0. The zero-order valence-electron chi connectivity index (χ0n) is 11.2. The summed E-state index contributed by atoms with van der Waals surface area (Å²) in [7, 11) is 3.34. The van der Waals surface area contributed by atoms with Crippen molar-refractivity contribution >= 4 is 15.9 Å². The lowest BCUT2D eigenvalue weighted by Gasteiger charge is -2.41. The van der Waals surface area contributed by atoms with Crippen molar-refractivity contribution in [3.63, 3.8) is 0 Å². The van der Waals surface area contributed by atoms with Crippen molar-refractivity contribution < 1.29 is 9.47 Å². The molecule has 100 valence electrons. The predicted molar refractivity (Wildman–Crippen MR) is 76.3 cm³/mol. The van der Waals surface area contributed by atoms with Crippen molar-refractivity contribution in [2.24, 2.45) is 5.73 Å². The van der Waals surface area contributed by atoms with E-state index in [0.717, 1.165) is 40.8 Å². The molecule has 1 fully saturated rings. The second kappa shape index (κ2) is 5.10. The van der Waals surface area contributed by atoms with Crippen molar-refractivity contribution in [2.45, 2.75) is 38.1 Å². The Kier molecular flexibility index (Phi) is 3.87. The summed E-state index contributed by atoms with van der Waals surface area (Å²) in [6, 6.07) is 1.96. The number of rotatable bonds is 4. The summed E-state index contributed by atoms with van der Waals surface area (Å²) in [6.07, 6.45) is 4.15. The zero-order chi connectivity index (χ0) is 13.3. The van der Waals surface area contributed by atoms with Gasteiger partial charge in [-0.3, -0.25) is 0 Å². The van der Waals surface area contributed by atoms with E-state index in [2.05, 4.69) is 22.9 Å². The highest BCUT2D eigenvalue weighted by molar-refractivity contribution is 9.10. The Hall–Kier alpha value is -0.740. The molecule has 0 saturated heterocycles. The van der Waals surface area contributed by atoms with Crippen LogP contribution < -0.4 is 15.2 Å². The molecule has 1 saturated carbocycles. The smallest absolute Gasteiger partial charge is 0.164 e. The van der Waals surface area contributed by atoms with Gasteiger partial charge in [-0.25, -0.2) is 0 Å². The predicted octanol–water partition coefficient (Wildman–Crippen LogP) is 3.37. The van der Waals surface area contributed by atoms with Crippen LogP contribution in [0.1, 0.15) is 37.3 Å². The van der Waals surface area contributed by atoms with Crippen LogP contribution in [-0.2, 0) is 12.0 Å². The molecular formula is C14H20BrNO2. The van der Waals surface area contributed by atoms with Gasteiger partial charge in [0.1, 0.15) is 0 Å². The fourth-order valence-electron chi connectivity index (χ4n) is 2.72. The highest BCUT2D eigenvalue weighted by Gasteiger charge is 2.39. The largest absolute Gasteiger partial charge is 0.493 e. The van der Waals surface area contributed by atoms with Crippen molar-refractivity contribution in [1.82, 2.24) is 0 Å². The van der Waals surface area contributed by atoms with E-state index < -0.39 is 0 Å². The third-order valence-electron chi connectivity index (χ3n) is 3.82. The van der Waals surface area contributed by atoms with E-state index >= 15 is 0 Å². The van der Waals surface area contributed by atoms with Crippen LogP contribution in [0.5, 0.6) is 11.5 Å². The lowest BCUT2D eigenvalue weighted by atomic mass is 9.71.